The van der Waals surface area contributed by atoms with Gasteiger partial charge in [0.05, 0.1) is 0 Å². The molecule has 0 saturated heterocycles. The van der Waals surface area contributed by atoms with Gasteiger partial charge in [-0.1, -0.05) is 35.4 Å². The van der Waals surface area contributed by atoms with Crippen molar-refractivity contribution in [1.82, 2.24) is 5.32 Å². The second-order valence-electron chi connectivity index (χ2n) is 5.54. The fraction of sp³-hybridized carbons (Fsp3) is 0.529. The van der Waals surface area contributed by atoms with Crippen molar-refractivity contribution in [2.24, 2.45) is 0 Å². The van der Waals surface area contributed by atoms with Gasteiger partial charge in [0.25, 0.3) is 0 Å². The minimum absolute atomic E-state index is 0.519. The lowest BCUT2D eigenvalue weighted by atomic mass is 9.97. The normalized spacial score (nSPS) is 17.1. The van der Waals surface area contributed by atoms with E-state index in [-0.39, 0.29) is 0 Å². The van der Waals surface area contributed by atoms with Crippen LogP contribution < -0.4 is 5.32 Å². The van der Waals surface area contributed by atoms with Gasteiger partial charge in [-0.2, -0.15) is 0 Å². The molecule has 0 aromatic heterocycles. The molecule has 104 valence electrons. The van der Waals surface area contributed by atoms with Crippen molar-refractivity contribution in [3.63, 3.8) is 0 Å². The van der Waals surface area contributed by atoms with Gasteiger partial charge in [-0.25, -0.2) is 0 Å². The topological polar surface area (TPSA) is 12.0 Å². The van der Waals surface area contributed by atoms with Crippen LogP contribution in [0.15, 0.2) is 35.9 Å². The van der Waals surface area contributed by atoms with Crippen LogP contribution in [0, 0.1) is 0 Å². The monoisotopic (exact) mass is 277 g/mol. The summed E-state index contributed by atoms with van der Waals surface area (Å²) in [6.07, 6.45) is 10.1. The highest BCUT2D eigenvalue weighted by molar-refractivity contribution is 6.30. The molecule has 0 heterocycles. The van der Waals surface area contributed by atoms with E-state index < -0.39 is 0 Å². The minimum Gasteiger partial charge on any atom is -0.314 e. The van der Waals surface area contributed by atoms with Crippen LogP contribution in [-0.4, -0.2) is 12.6 Å². The third kappa shape index (κ3) is 5.38. The average molecular weight is 278 g/mol. The van der Waals surface area contributed by atoms with E-state index in [9.17, 15) is 0 Å². The van der Waals surface area contributed by atoms with Gasteiger partial charge in [0.1, 0.15) is 0 Å². The molecule has 0 bridgehead atoms. The Kier molecular flexibility index (Phi) is 5.93. The molecule has 0 amide bonds. The summed E-state index contributed by atoms with van der Waals surface area (Å²) >= 11 is 5.90. The van der Waals surface area contributed by atoms with Gasteiger partial charge in [0.2, 0.25) is 0 Å². The molecule has 1 aromatic rings. The van der Waals surface area contributed by atoms with Gasteiger partial charge >= 0.3 is 0 Å². The van der Waals surface area contributed by atoms with Gasteiger partial charge in [-0.15, -0.1) is 0 Å². The molecule has 1 aliphatic carbocycles. The summed E-state index contributed by atoms with van der Waals surface area (Å²) < 4.78 is 0. The summed E-state index contributed by atoms with van der Waals surface area (Å²) in [6.45, 7) is 3.35. The summed E-state index contributed by atoms with van der Waals surface area (Å²) in [4.78, 5) is 0. The Hall–Kier alpha value is -0.790. The number of halogens is 1. The Morgan fingerprint density at radius 1 is 1.21 bits per heavy atom. The van der Waals surface area contributed by atoms with Gasteiger partial charge in [-0.3, -0.25) is 0 Å². The molecular weight excluding hydrogens is 254 g/mol. The quantitative estimate of drug-likeness (QED) is 0.740. The second-order valence-corrected chi connectivity index (χ2v) is 5.98. The van der Waals surface area contributed by atoms with E-state index in [0.717, 1.165) is 18.0 Å². The van der Waals surface area contributed by atoms with Crippen LogP contribution in [0.5, 0.6) is 0 Å². The van der Waals surface area contributed by atoms with E-state index in [2.05, 4.69) is 30.4 Å². The molecule has 1 unspecified atom stereocenters. The molecule has 0 spiro atoms. The third-order valence-electron chi connectivity index (χ3n) is 3.78. The molecule has 2 heteroatoms. The van der Waals surface area contributed by atoms with Crippen LogP contribution in [-0.2, 0) is 6.42 Å². The summed E-state index contributed by atoms with van der Waals surface area (Å²) in [6, 6.07) is 8.69. The molecule has 0 aliphatic heterocycles. The predicted octanol–water partition coefficient (Wildman–Crippen LogP) is 4.75. The smallest absolute Gasteiger partial charge is 0.0406 e. The Bertz CT molecular complexity index is 408. The highest BCUT2D eigenvalue weighted by Crippen LogP contribution is 2.19. The number of hydrogen-bond donors (Lipinski definition) is 1. The second kappa shape index (κ2) is 7.72. The Morgan fingerprint density at radius 3 is 2.68 bits per heavy atom. The highest BCUT2D eigenvalue weighted by Gasteiger charge is 2.06. The van der Waals surface area contributed by atoms with E-state index >= 15 is 0 Å². The van der Waals surface area contributed by atoms with Gasteiger partial charge in [-0.05, 0) is 69.7 Å². The standard InChI is InChI=1S/C17H24ClN/c1-14(13-16-7-9-17(18)10-8-16)19-12-11-15-5-3-2-4-6-15/h5,7-10,14,19H,2-4,6,11-13H2,1H3. The molecule has 1 nitrogen and oxygen atoms in total. The molecular formula is C17H24ClN. The van der Waals surface area contributed by atoms with Crippen LogP contribution in [0.25, 0.3) is 0 Å². The van der Waals surface area contributed by atoms with E-state index in [1.165, 1.54) is 37.7 Å². The lowest BCUT2D eigenvalue weighted by Gasteiger charge is -2.16. The van der Waals surface area contributed by atoms with E-state index in [1.807, 2.05) is 12.1 Å². The van der Waals surface area contributed by atoms with Crippen LogP contribution in [0.4, 0.5) is 0 Å². The maximum atomic E-state index is 5.90. The number of nitrogens with one attached hydrogen (secondary N) is 1. The average Bonchev–Trinajstić information content (AvgIpc) is 2.43. The van der Waals surface area contributed by atoms with E-state index in [0.29, 0.717) is 6.04 Å². The summed E-state index contributed by atoms with van der Waals surface area (Å²) in [5.74, 6) is 0. The minimum atomic E-state index is 0.519. The first-order chi connectivity index (χ1) is 9.24. The Balaban J connectivity index is 1.68. The first kappa shape index (κ1) is 14.6. The zero-order chi connectivity index (χ0) is 13.5. The van der Waals surface area contributed by atoms with Crippen molar-refractivity contribution in [2.45, 2.75) is 51.5 Å². The molecule has 0 fully saturated rings. The van der Waals surface area contributed by atoms with Crippen LogP contribution in [0.2, 0.25) is 5.02 Å². The van der Waals surface area contributed by atoms with Crippen molar-refractivity contribution in [3.05, 3.63) is 46.5 Å². The fourth-order valence-electron chi connectivity index (χ4n) is 2.66. The van der Waals surface area contributed by atoms with Crippen LogP contribution in [0.1, 0.15) is 44.6 Å². The van der Waals surface area contributed by atoms with Gasteiger partial charge in [0, 0.05) is 11.1 Å². The van der Waals surface area contributed by atoms with Crippen LogP contribution >= 0.6 is 11.6 Å². The highest BCUT2D eigenvalue weighted by atomic mass is 35.5. The zero-order valence-corrected chi connectivity index (χ0v) is 12.5. The number of benzene rings is 1. The van der Waals surface area contributed by atoms with Gasteiger partial charge in [0.15, 0.2) is 0 Å². The maximum Gasteiger partial charge on any atom is 0.0406 e. The largest absolute Gasteiger partial charge is 0.314 e. The molecule has 1 aromatic carbocycles. The van der Waals surface area contributed by atoms with Crippen molar-refractivity contribution in [1.29, 1.82) is 0 Å². The summed E-state index contributed by atoms with van der Waals surface area (Å²) in [7, 11) is 0. The Labute approximate surface area is 122 Å². The number of hydrogen-bond acceptors (Lipinski definition) is 1. The zero-order valence-electron chi connectivity index (χ0n) is 11.8. The van der Waals surface area contributed by atoms with E-state index in [1.54, 1.807) is 5.57 Å². The molecule has 1 atom stereocenters. The van der Waals surface area contributed by atoms with Crippen molar-refractivity contribution in [2.75, 3.05) is 6.54 Å². The molecule has 1 N–H and O–H groups in total. The summed E-state index contributed by atoms with van der Waals surface area (Å²) in [5, 5.41) is 4.43. The predicted molar refractivity (Wildman–Crippen MR) is 83.8 cm³/mol. The first-order valence-corrected chi connectivity index (χ1v) is 7.77. The van der Waals surface area contributed by atoms with Crippen molar-refractivity contribution in [3.8, 4) is 0 Å². The van der Waals surface area contributed by atoms with Crippen molar-refractivity contribution >= 4 is 11.6 Å². The molecule has 0 radical (unpaired) electrons. The number of rotatable bonds is 6. The fourth-order valence-corrected chi connectivity index (χ4v) is 2.78. The molecule has 2 rings (SSSR count). The SMILES string of the molecule is CC(Cc1ccc(Cl)cc1)NCCC1=CCCCC1. The Morgan fingerprint density at radius 2 is 2.00 bits per heavy atom. The maximum absolute atomic E-state index is 5.90. The molecule has 1 aliphatic rings. The number of allylic oxidation sites excluding steroid dienone is 1. The molecule has 19 heavy (non-hydrogen) atoms. The van der Waals surface area contributed by atoms with Crippen LogP contribution in [0.3, 0.4) is 0 Å². The lowest BCUT2D eigenvalue weighted by Crippen LogP contribution is -2.29. The van der Waals surface area contributed by atoms with Gasteiger partial charge < -0.3 is 5.32 Å². The lowest BCUT2D eigenvalue weighted by molar-refractivity contribution is 0.539. The first-order valence-electron chi connectivity index (χ1n) is 7.40. The van der Waals surface area contributed by atoms with E-state index in [4.69, 9.17) is 11.6 Å². The molecule has 0 saturated carbocycles. The van der Waals surface area contributed by atoms with Crippen molar-refractivity contribution < 1.29 is 0 Å². The summed E-state index contributed by atoms with van der Waals surface area (Å²) in [5.41, 5.74) is 3.00. The third-order valence-corrected chi connectivity index (χ3v) is 4.03.